The van der Waals surface area contributed by atoms with Gasteiger partial charge < -0.3 is 5.11 Å². The lowest BCUT2D eigenvalue weighted by Gasteiger charge is -2.05. The molecule has 1 heterocycles. The number of aromatic nitrogens is 3. The van der Waals surface area contributed by atoms with E-state index in [1.54, 1.807) is 0 Å². The molecule has 0 aliphatic rings. The zero-order valence-electron chi connectivity index (χ0n) is 11.6. The van der Waals surface area contributed by atoms with Gasteiger partial charge in [-0.15, -0.1) is 0 Å². The first-order valence-corrected chi connectivity index (χ1v) is 6.92. The Bertz CT molecular complexity index is 517. The van der Waals surface area contributed by atoms with Gasteiger partial charge >= 0.3 is 0 Å². The molecule has 1 aromatic heterocycles. The molecule has 0 unspecified atom stereocenters. The van der Waals surface area contributed by atoms with E-state index in [9.17, 15) is 0 Å². The smallest absolute Gasteiger partial charge is 0.158 e. The molecule has 0 aliphatic carbocycles. The standard InChI is InChI=1S/C15H21N3O/c1-3-5-10-18-15(16-14(4-2)17-18)13-8-6-12(11-19)7-9-13/h6-9,19H,3-5,10-11H2,1-2H3. The van der Waals surface area contributed by atoms with Crippen molar-refractivity contribution >= 4 is 0 Å². The number of nitrogens with zero attached hydrogens (tertiary/aromatic N) is 3. The predicted octanol–water partition coefficient (Wildman–Crippen LogP) is 2.80. The van der Waals surface area contributed by atoms with Crippen LogP contribution in [-0.2, 0) is 19.6 Å². The second-order valence-corrected chi connectivity index (χ2v) is 4.64. The summed E-state index contributed by atoms with van der Waals surface area (Å²) in [7, 11) is 0. The minimum absolute atomic E-state index is 0.0724. The molecule has 2 rings (SSSR count). The van der Waals surface area contributed by atoms with Crippen molar-refractivity contribution in [2.75, 3.05) is 0 Å². The lowest BCUT2D eigenvalue weighted by atomic mass is 10.1. The fourth-order valence-electron chi connectivity index (χ4n) is 1.98. The molecule has 0 aliphatic heterocycles. The molecule has 0 saturated carbocycles. The van der Waals surface area contributed by atoms with Gasteiger partial charge in [0.25, 0.3) is 0 Å². The summed E-state index contributed by atoms with van der Waals surface area (Å²) in [6.07, 6.45) is 3.10. The lowest BCUT2D eigenvalue weighted by Crippen LogP contribution is -2.03. The van der Waals surface area contributed by atoms with E-state index in [1.165, 1.54) is 0 Å². The molecule has 4 nitrogen and oxygen atoms in total. The molecule has 2 aromatic rings. The number of unbranched alkanes of at least 4 members (excludes halogenated alkanes) is 1. The molecular formula is C15H21N3O. The van der Waals surface area contributed by atoms with Gasteiger partial charge in [0.1, 0.15) is 0 Å². The minimum atomic E-state index is 0.0724. The maximum absolute atomic E-state index is 9.08. The Hall–Kier alpha value is -1.68. The third-order valence-electron chi connectivity index (χ3n) is 3.15. The maximum Gasteiger partial charge on any atom is 0.158 e. The Labute approximate surface area is 114 Å². The van der Waals surface area contributed by atoms with Crippen LogP contribution in [0.15, 0.2) is 24.3 Å². The zero-order valence-corrected chi connectivity index (χ0v) is 11.6. The molecule has 0 fully saturated rings. The normalized spacial score (nSPS) is 10.9. The van der Waals surface area contributed by atoms with E-state index in [4.69, 9.17) is 5.11 Å². The summed E-state index contributed by atoms with van der Waals surface area (Å²) in [4.78, 5) is 4.60. The van der Waals surface area contributed by atoms with Crippen LogP contribution in [0.5, 0.6) is 0 Å². The van der Waals surface area contributed by atoms with Crippen molar-refractivity contribution in [3.05, 3.63) is 35.7 Å². The molecule has 0 radical (unpaired) electrons. The fourth-order valence-corrected chi connectivity index (χ4v) is 1.98. The Balaban J connectivity index is 2.32. The molecule has 0 spiro atoms. The number of rotatable bonds is 6. The SMILES string of the molecule is CCCCn1nc(CC)nc1-c1ccc(CO)cc1. The van der Waals surface area contributed by atoms with E-state index in [2.05, 4.69) is 23.9 Å². The fraction of sp³-hybridized carbons (Fsp3) is 0.467. The maximum atomic E-state index is 9.08. The molecule has 1 N–H and O–H groups in total. The molecule has 19 heavy (non-hydrogen) atoms. The summed E-state index contributed by atoms with van der Waals surface area (Å²) in [5, 5.41) is 13.6. The highest BCUT2D eigenvalue weighted by molar-refractivity contribution is 5.55. The van der Waals surface area contributed by atoms with Crippen molar-refractivity contribution in [2.45, 2.75) is 46.3 Å². The van der Waals surface area contributed by atoms with Crippen LogP contribution >= 0.6 is 0 Å². The number of benzene rings is 1. The van der Waals surface area contributed by atoms with Gasteiger partial charge in [0.15, 0.2) is 11.6 Å². The lowest BCUT2D eigenvalue weighted by molar-refractivity contribution is 0.282. The van der Waals surface area contributed by atoms with Gasteiger partial charge in [-0.3, -0.25) is 0 Å². The van der Waals surface area contributed by atoms with Gasteiger partial charge in [0, 0.05) is 18.5 Å². The molecule has 1 aromatic carbocycles. The highest BCUT2D eigenvalue weighted by Gasteiger charge is 2.10. The summed E-state index contributed by atoms with van der Waals surface area (Å²) >= 11 is 0. The van der Waals surface area contributed by atoms with E-state index < -0.39 is 0 Å². The second kappa shape index (κ2) is 6.48. The van der Waals surface area contributed by atoms with Crippen LogP contribution in [0.1, 0.15) is 38.1 Å². The average molecular weight is 259 g/mol. The van der Waals surface area contributed by atoms with Crippen LogP contribution in [0.3, 0.4) is 0 Å². The van der Waals surface area contributed by atoms with Crippen molar-refractivity contribution in [1.82, 2.24) is 14.8 Å². The van der Waals surface area contributed by atoms with E-state index in [0.29, 0.717) is 0 Å². The summed E-state index contributed by atoms with van der Waals surface area (Å²) in [6.45, 7) is 5.22. The van der Waals surface area contributed by atoms with E-state index in [-0.39, 0.29) is 6.61 Å². The van der Waals surface area contributed by atoms with Gasteiger partial charge in [-0.2, -0.15) is 5.10 Å². The van der Waals surface area contributed by atoms with Crippen LogP contribution in [0.25, 0.3) is 11.4 Å². The molecule has 0 atom stereocenters. The first-order valence-electron chi connectivity index (χ1n) is 6.92. The molecule has 102 valence electrons. The Morgan fingerprint density at radius 2 is 1.89 bits per heavy atom. The monoisotopic (exact) mass is 259 g/mol. The Kier molecular flexibility index (Phi) is 4.68. The van der Waals surface area contributed by atoms with Crippen LogP contribution in [0.2, 0.25) is 0 Å². The van der Waals surface area contributed by atoms with Crippen LogP contribution < -0.4 is 0 Å². The molecule has 0 amide bonds. The number of aliphatic hydroxyl groups is 1. The summed E-state index contributed by atoms with van der Waals surface area (Å²) in [6, 6.07) is 7.86. The van der Waals surface area contributed by atoms with Crippen molar-refractivity contribution < 1.29 is 5.11 Å². The predicted molar refractivity (Wildman–Crippen MR) is 75.7 cm³/mol. The molecule has 4 heteroatoms. The van der Waals surface area contributed by atoms with E-state index >= 15 is 0 Å². The quantitative estimate of drug-likeness (QED) is 0.868. The van der Waals surface area contributed by atoms with Gasteiger partial charge in [-0.25, -0.2) is 9.67 Å². The number of hydrogen-bond donors (Lipinski definition) is 1. The van der Waals surface area contributed by atoms with Crippen LogP contribution in [-0.4, -0.2) is 19.9 Å². The zero-order chi connectivity index (χ0) is 13.7. The Morgan fingerprint density at radius 1 is 1.16 bits per heavy atom. The number of aliphatic hydroxyl groups excluding tert-OH is 1. The van der Waals surface area contributed by atoms with E-state index in [1.807, 2.05) is 28.9 Å². The summed E-state index contributed by atoms with van der Waals surface area (Å²) in [5.41, 5.74) is 1.97. The summed E-state index contributed by atoms with van der Waals surface area (Å²) < 4.78 is 2.00. The third-order valence-corrected chi connectivity index (χ3v) is 3.15. The largest absolute Gasteiger partial charge is 0.392 e. The van der Waals surface area contributed by atoms with Crippen molar-refractivity contribution in [1.29, 1.82) is 0 Å². The van der Waals surface area contributed by atoms with Crippen LogP contribution in [0.4, 0.5) is 0 Å². The average Bonchev–Trinajstić information content (AvgIpc) is 2.88. The van der Waals surface area contributed by atoms with Crippen LogP contribution in [0, 0.1) is 0 Å². The summed E-state index contributed by atoms with van der Waals surface area (Å²) in [5.74, 6) is 1.81. The topological polar surface area (TPSA) is 50.9 Å². The number of aryl methyl sites for hydroxylation is 2. The third kappa shape index (κ3) is 3.20. The van der Waals surface area contributed by atoms with Crippen molar-refractivity contribution in [3.8, 4) is 11.4 Å². The first-order chi connectivity index (χ1) is 9.28. The van der Waals surface area contributed by atoms with Gasteiger partial charge in [-0.1, -0.05) is 44.5 Å². The minimum Gasteiger partial charge on any atom is -0.392 e. The van der Waals surface area contributed by atoms with E-state index in [0.717, 1.165) is 48.6 Å². The first kappa shape index (κ1) is 13.7. The number of hydrogen-bond acceptors (Lipinski definition) is 3. The molecular weight excluding hydrogens is 238 g/mol. The van der Waals surface area contributed by atoms with Crippen molar-refractivity contribution in [2.24, 2.45) is 0 Å². The second-order valence-electron chi connectivity index (χ2n) is 4.64. The highest BCUT2D eigenvalue weighted by atomic mass is 16.3. The Morgan fingerprint density at radius 3 is 2.47 bits per heavy atom. The highest BCUT2D eigenvalue weighted by Crippen LogP contribution is 2.19. The molecule has 0 saturated heterocycles. The van der Waals surface area contributed by atoms with Crippen molar-refractivity contribution in [3.63, 3.8) is 0 Å². The van der Waals surface area contributed by atoms with Gasteiger partial charge in [0.2, 0.25) is 0 Å². The van der Waals surface area contributed by atoms with Gasteiger partial charge in [-0.05, 0) is 12.0 Å². The molecule has 0 bridgehead atoms. The van der Waals surface area contributed by atoms with Gasteiger partial charge in [0.05, 0.1) is 6.61 Å².